The van der Waals surface area contributed by atoms with Crippen LogP contribution in [0.2, 0.25) is 0 Å². The maximum atomic E-state index is 12.3. The minimum Gasteiger partial charge on any atom is -0.396 e. The Morgan fingerprint density at radius 3 is 2.38 bits per heavy atom. The van der Waals surface area contributed by atoms with Crippen LogP contribution in [0.5, 0.6) is 0 Å². The van der Waals surface area contributed by atoms with Crippen LogP contribution >= 0.6 is 11.6 Å². The molecule has 1 nitrogen and oxygen atoms in total. The molecule has 5 heteroatoms. The van der Waals surface area contributed by atoms with Crippen LogP contribution in [-0.4, -0.2) is 23.3 Å². The molecule has 0 aromatic rings. The Hall–Kier alpha value is 0.0400. The van der Waals surface area contributed by atoms with Gasteiger partial charge < -0.3 is 5.11 Å². The lowest BCUT2D eigenvalue weighted by atomic mass is 9.81. The molecule has 0 aromatic carbocycles. The van der Waals surface area contributed by atoms with Gasteiger partial charge in [0.1, 0.15) is 0 Å². The molecule has 78 valence electrons. The van der Waals surface area contributed by atoms with Crippen molar-refractivity contribution in [3.05, 3.63) is 0 Å². The third kappa shape index (κ3) is 2.74. The fourth-order valence-corrected chi connectivity index (χ4v) is 2.02. The first kappa shape index (κ1) is 11.1. The summed E-state index contributed by atoms with van der Waals surface area (Å²) in [6.45, 7) is -0.249. The molecule has 0 amide bonds. The summed E-state index contributed by atoms with van der Waals surface area (Å²) in [5.74, 6) is -1.68. The fraction of sp³-hybridized carbons (Fsp3) is 1.00. The highest BCUT2D eigenvalue weighted by Crippen LogP contribution is 2.41. The summed E-state index contributed by atoms with van der Waals surface area (Å²) in [4.78, 5) is 0. The molecule has 3 atom stereocenters. The van der Waals surface area contributed by atoms with Gasteiger partial charge in [0, 0.05) is 12.0 Å². The molecule has 1 saturated carbocycles. The molecule has 3 unspecified atom stereocenters. The average molecular weight is 217 g/mol. The van der Waals surface area contributed by atoms with Crippen molar-refractivity contribution in [2.45, 2.75) is 30.8 Å². The zero-order chi connectivity index (χ0) is 10.1. The van der Waals surface area contributed by atoms with Gasteiger partial charge in [-0.15, -0.1) is 11.6 Å². The molecule has 0 radical (unpaired) electrons. The second kappa shape index (κ2) is 4.05. The fourth-order valence-electron chi connectivity index (χ4n) is 1.71. The summed E-state index contributed by atoms with van der Waals surface area (Å²) in [6.07, 6.45) is -3.73. The highest BCUT2D eigenvalue weighted by atomic mass is 35.5. The normalized spacial score (nSPS) is 36.2. The first-order chi connectivity index (χ1) is 5.95. The van der Waals surface area contributed by atoms with E-state index < -0.39 is 18.0 Å². The van der Waals surface area contributed by atoms with Crippen molar-refractivity contribution in [1.82, 2.24) is 0 Å². The number of alkyl halides is 4. The van der Waals surface area contributed by atoms with E-state index in [1.807, 2.05) is 0 Å². The number of hydrogen-bond donors (Lipinski definition) is 1. The lowest BCUT2D eigenvalue weighted by molar-refractivity contribution is -0.186. The van der Waals surface area contributed by atoms with Gasteiger partial charge in [0.05, 0.1) is 5.92 Å². The highest BCUT2D eigenvalue weighted by molar-refractivity contribution is 6.20. The summed E-state index contributed by atoms with van der Waals surface area (Å²) >= 11 is 5.77. The first-order valence-electron chi connectivity index (χ1n) is 4.26. The van der Waals surface area contributed by atoms with Gasteiger partial charge in [0.15, 0.2) is 0 Å². The minimum atomic E-state index is -4.13. The van der Waals surface area contributed by atoms with Crippen LogP contribution < -0.4 is 0 Å². The largest absolute Gasteiger partial charge is 0.396 e. The summed E-state index contributed by atoms with van der Waals surface area (Å²) in [5, 5.41) is 8.49. The Morgan fingerprint density at radius 2 is 1.92 bits per heavy atom. The van der Waals surface area contributed by atoms with Gasteiger partial charge in [0.25, 0.3) is 0 Å². The predicted octanol–water partition coefficient (Wildman–Crippen LogP) is 2.56. The van der Waals surface area contributed by atoms with Crippen LogP contribution in [0.15, 0.2) is 0 Å². The summed E-state index contributed by atoms with van der Waals surface area (Å²) in [5.41, 5.74) is 0. The van der Waals surface area contributed by atoms with Gasteiger partial charge in [-0.2, -0.15) is 13.2 Å². The Balaban J connectivity index is 2.55. The van der Waals surface area contributed by atoms with E-state index in [9.17, 15) is 13.2 Å². The van der Waals surface area contributed by atoms with Gasteiger partial charge in [-0.05, 0) is 25.2 Å². The number of aliphatic hydroxyl groups excluding tert-OH is 1. The lowest BCUT2D eigenvalue weighted by Gasteiger charge is -2.32. The van der Waals surface area contributed by atoms with E-state index in [0.717, 1.165) is 0 Å². The molecule has 0 aliphatic heterocycles. The SMILES string of the molecule is OCC1CC(C(F)(F)F)CCC1Cl. The van der Waals surface area contributed by atoms with E-state index in [1.54, 1.807) is 0 Å². The molecule has 0 aromatic heterocycles. The lowest BCUT2D eigenvalue weighted by Crippen LogP contribution is -2.35. The third-order valence-electron chi connectivity index (χ3n) is 2.59. The monoisotopic (exact) mass is 216 g/mol. The maximum Gasteiger partial charge on any atom is 0.391 e. The number of hydrogen-bond acceptors (Lipinski definition) is 1. The second-order valence-corrected chi connectivity index (χ2v) is 4.07. The third-order valence-corrected chi connectivity index (χ3v) is 3.16. The average Bonchev–Trinajstić information content (AvgIpc) is 2.03. The number of rotatable bonds is 1. The van der Waals surface area contributed by atoms with E-state index in [-0.39, 0.29) is 24.8 Å². The van der Waals surface area contributed by atoms with Crippen LogP contribution in [-0.2, 0) is 0 Å². The standard InChI is InChI=1S/C8H12ClF3O/c9-7-2-1-6(8(10,11)12)3-5(7)4-13/h5-7,13H,1-4H2. The zero-order valence-corrected chi connectivity index (χ0v) is 7.78. The van der Waals surface area contributed by atoms with Crippen LogP contribution in [0, 0.1) is 11.8 Å². The number of aliphatic hydroxyl groups is 1. The van der Waals surface area contributed by atoms with Gasteiger partial charge >= 0.3 is 6.18 Å². The Bertz CT molecular complexity index is 171. The summed E-state index contributed by atoms with van der Waals surface area (Å²) < 4.78 is 36.8. The van der Waals surface area contributed by atoms with Crippen molar-refractivity contribution in [3.63, 3.8) is 0 Å². The first-order valence-corrected chi connectivity index (χ1v) is 4.70. The van der Waals surface area contributed by atoms with E-state index >= 15 is 0 Å². The van der Waals surface area contributed by atoms with Gasteiger partial charge in [-0.1, -0.05) is 0 Å². The molecule has 0 saturated heterocycles. The molecule has 0 spiro atoms. The van der Waals surface area contributed by atoms with Crippen molar-refractivity contribution in [2.24, 2.45) is 11.8 Å². The zero-order valence-electron chi connectivity index (χ0n) is 7.02. The van der Waals surface area contributed by atoms with E-state index in [0.29, 0.717) is 6.42 Å². The molecule has 1 N–H and O–H groups in total. The van der Waals surface area contributed by atoms with Crippen LogP contribution in [0.4, 0.5) is 13.2 Å². The van der Waals surface area contributed by atoms with Crippen molar-refractivity contribution < 1.29 is 18.3 Å². The Kier molecular flexibility index (Phi) is 3.46. The Morgan fingerprint density at radius 1 is 1.31 bits per heavy atom. The van der Waals surface area contributed by atoms with Crippen LogP contribution in [0.25, 0.3) is 0 Å². The quantitative estimate of drug-likeness (QED) is 0.668. The topological polar surface area (TPSA) is 20.2 Å². The smallest absolute Gasteiger partial charge is 0.391 e. The molecule has 1 aliphatic rings. The number of halogens is 4. The molecular formula is C8H12ClF3O. The molecule has 1 aliphatic carbocycles. The highest BCUT2D eigenvalue weighted by Gasteiger charge is 2.44. The minimum absolute atomic E-state index is 0.0336. The second-order valence-electron chi connectivity index (χ2n) is 3.51. The molecule has 1 fully saturated rings. The van der Waals surface area contributed by atoms with Gasteiger partial charge in [-0.25, -0.2) is 0 Å². The van der Waals surface area contributed by atoms with E-state index in [1.165, 1.54) is 0 Å². The summed E-state index contributed by atoms with van der Waals surface area (Å²) in [6, 6.07) is 0. The van der Waals surface area contributed by atoms with Crippen molar-refractivity contribution in [3.8, 4) is 0 Å². The predicted molar refractivity (Wildman–Crippen MR) is 43.6 cm³/mol. The summed E-state index contributed by atoms with van der Waals surface area (Å²) in [7, 11) is 0. The molecule has 13 heavy (non-hydrogen) atoms. The van der Waals surface area contributed by atoms with Gasteiger partial charge in [0.2, 0.25) is 0 Å². The molecular weight excluding hydrogens is 205 g/mol. The maximum absolute atomic E-state index is 12.3. The van der Waals surface area contributed by atoms with Gasteiger partial charge in [-0.3, -0.25) is 0 Å². The van der Waals surface area contributed by atoms with Crippen molar-refractivity contribution >= 4 is 11.6 Å². The van der Waals surface area contributed by atoms with E-state index in [4.69, 9.17) is 16.7 Å². The van der Waals surface area contributed by atoms with Crippen LogP contribution in [0.1, 0.15) is 19.3 Å². The molecule has 0 bridgehead atoms. The van der Waals surface area contributed by atoms with Crippen molar-refractivity contribution in [2.75, 3.05) is 6.61 Å². The molecule has 0 heterocycles. The van der Waals surface area contributed by atoms with Crippen molar-refractivity contribution in [1.29, 1.82) is 0 Å². The Labute approximate surface area is 79.9 Å². The van der Waals surface area contributed by atoms with Crippen LogP contribution in [0.3, 0.4) is 0 Å². The molecule has 1 rings (SSSR count). The van der Waals surface area contributed by atoms with E-state index in [2.05, 4.69) is 0 Å².